The highest BCUT2D eigenvalue weighted by Gasteiger charge is 2.30. The predicted octanol–water partition coefficient (Wildman–Crippen LogP) is 2.97. The SMILES string of the molecule is CS(=O)(=O)c1cc(OCC(F)(F)F)ccc1OCC(F)(F)F. The normalized spacial score (nSPS) is 13.0. The molecule has 1 aromatic rings. The van der Waals surface area contributed by atoms with Gasteiger partial charge in [0.2, 0.25) is 0 Å². The summed E-state index contributed by atoms with van der Waals surface area (Å²) in [4.78, 5) is -0.698. The number of benzene rings is 1. The Hall–Kier alpha value is -1.65. The molecule has 0 fully saturated rings. The van der Waals surface area contributed by atoms with Gasteiger partial charge in [-0.05, 0) is 12.1 Å². The van der Waals surface area contributed by atoms with Gasteiger partial charge < -0.3 is 9.47 Å². The van der Waals surface area contributed by atoms with Crippen LogP contribution in [-0.2, 0) is 9.84 Å². The van der Waals surface area contributed by atoms with Crippen molar-refractivity contribution in [2.45, 2.75) is 17.2 Å². The van der Waals surface area contributed by atoms with Crippen LogP contribution in [0.1, 0.15) is 0 Å². The molecular formula is C11H10F6O4S. The van der Waals surface area contributed by atoms with E-state index >= 15 is 0 Å². The fourth-order valence-electron chi connectivity index (χ4n) is 1.31. The molecule has 0 spiro atoms. The number of sulfone groups is 1. The molecule has 0 aliphatic carbocycles. The van der Waals surface area contributed by atoms with Crippen molar-refractivity contribution in [2.24, 2.45) is 0 Å². The summed E-state index contributed by atoms with van der Waals surface area (Å²) in [6.07, 6.45) is -8.66. The van der Waals surface area contributed by atoms with Crippen LogP contribution in [0.3, 0.4) is 0 Å². The van der Waals surface area contributed by atoms with Gasteiger partial charge in [-0.1, -0.05) is 0 Å². The molecule has 0 aliphatic heterocycles. The van der Waals surface area contributed by atoms with Crippen molar-refractivity contribution in [3.05, 3.63) is 18.2 Å². The second kappa shape index (κ2) is 6.23. The van der Waals surface area contributed by atoms with Gasteiger partial charge in [-0.2, -0.15) is 26.3 Å². The summed E-state index contributed by atoms with van der Waals surface area (Å²) < 4.78 is 104. The van der Waals surface area contributed by atoms with E-state index in [1.165, 1.54) is 0 Å². The topological polar surface area (TPSA) is 52.6 Å². The fourth-order valence-corrected chi connectivity index (χ4v) is 2.13. The Bertz CT molecular complexity index is 620. The van der Waals surface area contributed by atoms with E-state index in [-0.39, 0.29) is 0 Å². The van der Waals surface area contributed by atoms with Crippen LogP contribution < -0.4 is 9.47 Å². The van der Waals surface area contributed by atoms with Gasteiger partial charge in [0.1, 0.15) is 16.4 Å². The van der Waals surface area contributed by atoms with E-state index in [9.17, 15) is 34.8 Å². The maximum absolute atomic E-state index is 12.1. The van der Waals surface area contributed by atoms with Crippen LogP contribution in [0.4, 0.5) is 26.3 Å². The lowest BCUT2D eigenvalue weighted by molar-refractivity contribution is -0.154. The number of hydrogen-bond donors (Lipinski definition) is 0. The zero-order valence-electron chi connectivity index (χ0n) is 11.0. The highest BCUT2D eigenvalue weighted by molar-refractivity contribution is 7.90. The molecular weight excluding hydrogens is 342 g/mol. The van der Waals surface area contributed by atoms with Crippen LogP contribution in [0.5, 0.6) is 11.5 Å². The minimum atomic E-state index is -4.69. The number of rotatable bonds is 5. The van der Waals surface area contributed by atoms with Crippen LogP contribution >= 0.6 is 0 Å². The zero-order valence-corrected chi connectivity index (χ0v) is 11.8. The largest absolute Gasteiger partial charge is 0.484 e. The molecule has 0 bridgehead atoms. The first-order chi connectivity index (χ1) is 9.78. The first-order valence-electron chi connectivity index (χ1n) is 5.51. The molecule has 0 aromatic heterocycles. The molecule has 11 heteroatoms. The Labute approximate surface area is 121 Å². The van der Waals surface area contributed by atoms with Gasteiger partial charge in [-0.15, -0.1) is 0 Å². The molecule has 0 saturated carbocycles. The molecule has 1 rings (SSSR count). The minimum absolute atomic E-state index is 0.461. The van der Waals surface area contributed by atoms with Crippen LogP contribution in [0.25, 0.3) is 0 Å². The lowest BCUT2D eigenvalue weighted by Crippen LogP contribution is -2.20. The number of halogens is 6. The number of ether oxygens (including phenoxy) is 2. The first-order valence-corrected chi connectivity index (χ1v) is 7.40. The molecule has 0 saturated heterocycles. The average molecular weight is 352 g/mol. The Morgan fingerprint density at radius 2 is 1.45 bits per heavy atom. The summed E-state index contributed by atoms with van der Waals surface area (Å²) in [7, 11) is -4.03. The third-order valence-electron chi connectivity index (χ3n) is 2.11. The lowest BCUT2D eigenvalue weighted by atomic mass is 10.3. The third kappa shape index (κ3) is 6.41. The molecule has 0 amide bonds. The molecule has 0 N–H and O–H groups in total. The smallest absolute Gasteiger partial charge is 0.422 e. The molecule has 0 aliphatic rings. The van der Waals surface area contributed by atoms with Crippen LogP contribution in [0.15, 0.2) is 23.1 Å². The van der Waals surface area contributed by atoms with Crippen molar-refractivity contribution in [1.29, 1.82) is 0 Å². The second-order valence-electron chi connectivity index (χ2n) is 4.19. The average Bonchev–Trinajstić information content (AvgIpc) is 2.31. The van der Waals surface area contributed by atoms with Crippen molar-refractivity contribution in [3.63, 3.8) is 0 Å². The number of hydrogen-bond acceptors (Lipinski definition) is 4. The summed E-state index contributed by atoms with van der Waals surface area (Å²) in [5.41, 5.74) is 0. The Kier molecular flexibility index (Phi) is 5.21. The van der Waals surface area contributed by atoms with Crippen LogP contribution in [0.2, 0.25) is 0 Å². The lowest BCUT2D eigenvalue weighted by Gasteiger charge is -2.14. The van der Waals surface area contributed by atoms with E-state index in [0.29, 0.717) is 12.3 Å². The second-order valence-corrected chi connectivity index (χ2v) is 6.17. The summed E-state index contributed by atoms with van der Waals surface area (Å²) in [6.45, 7) is -3.41. The standard InChI is InChI=1S/C11H10F6O4S/c1-22(18,19)9-4-7(20-5-10(12,13)14)2-3-8(9)21-6-11(15,16)17/h2-4H,5-6H2,1H3. The van der Waals surface area contributed by atoms with Crippen molar-refractivity contribution in [2.75, 3.05) is 19.5 Å². The predicted molar refractivity (Wildman–Crippen MR) is 62.7 cm³/mol. The van der Waals surface area contributed by atoms with Crippen LogP contribution in [0, 0.1) is 0 Å². The van der Waals surface area contributed by atoms with Gasteiger partial charge in [0, 0.05) is 12.3 Å². The van der Waals surface area contributed by atoms with Gasteiger partial charge in [0.25, 0.3) is 0 Å². The maximum Gasteiger partial charge on any atom is 0.422 e. The third-order valence-corrected chi connectivity index (χ3v) is 3.23. The quantitative estimate of drug-likeness (QED) is 0.765. The van der Waals surface area contributed by atoms with E-state index in [2.05, 4.69) is 9.47 Å². The van der Waals surface area contributed by atoms with Crippen molar-refractivity contribution in [3.8, 4) is 11.5 Å². The zero-order chi connectivity index (χ0) is 17.2. The highest BCUT2D eigenvalue weighted by Crippen LogP contribution is 2.30. The molecule has 0 heterocycles. The van der Waals surface area contributed by atoms with E-state index < -0.39 is 51.8 Å². The van der Waals surface area contributed by atoms with Crippen LogP contribution in [-0.4, -0.2) is 40.2 Å². The Morgan fingerprint density at radius 1 is 0.955 bits per heavy atom. The molecule has 22 heavy (non-hydrogen) atoms. The Morgan fingerprint density at radius 3 is 1.91 bits per heavy atom. The van der Waals surface area contributed by atoms with E-state index in [0.717, 1.165) is 12.1 Å². The minimum Gasteiger partial charge on any atom is -0.484 e. The highest BCUT2D eigenvalue weighted by atomic mass is 32.2. The van der Waals surface area contributed by atoms with E-state index in [4.69, 9.17) is 0 Å². The van der Waals surface area contributed by atoms with Gasteiger partial charge in [-0.3, -0.25) is 0 Å². The van der Waals surface area contributed by atoms with E-state index in [1.54, 1.807) is 0 Å². The fraction of sp³-hybridized carbons (Fsp3) is 0.455. The molecule has 1 aromatic carbocycles. The van der Waals surface area contributed by atoms with Gasteiger partial charge in [0.05, 0.1) is 0 Å². The summed E-state index contributed by atoms with van der Waals surface area (Å²) in [6, 6.07) is 2.35. The Balaban J connectivity index is 3.04. The molecule has 0 unspecified atom stereocenters. The molecule has 126 valence electrons. The van der Waals surface area contributed by atoms with Gasteiger partial charge >= 0.3 is 12.4 Å². The molecule has 4 nitrogen and oxygen atoms in total. The monoisotopic (exact) mass is 352 g/mol. The molecule has 0 radical (unpaired) electrons. The van der Waals surface area contributed by atoms with E-state index in [1.807, 2.05) is 0 Å². The maximum atomic E-state index is 12.1. The molecule has 0 atom stereocenters. The van der Waals surface area contributed by atoms with Crippen molar-refractivity contribution >= 4 is 9.84 Å². The van der Waals surface area contributed by atoms with Crippen molar-refractivity contribution < 1.29 is 44.2 Å². The summed E-state index contributed by atoms with van der Waals surface area (Å²) >= 11 is 0. The van der Waals surface area contributed by atoms with Gasteiger partial charge in [0.15, 0.2) is 23.1 Å². The summed E-state index contributed by atoms with van der Waals surface area (Å²) in [5.74, 6) is -1.09. The van der Waals surface area contributed by atoms with Crippen molar-refractivity contribution in [1.82, 2.24) is 0 Å². The number of alkyl halides is 6. The summed E-state index contributed by atoms with van der Waals surface area (Å²) in [5, 5.41) is 0. The van der Waals surface area contributed by atoms with Gasteiger partial charge in [-0.25, -0.2) is 8.42 Å². The first kappa shape index (κ1) is 18.4.